The maximum Gasteiger partial charge on any atom is 0.471 e. The number of hydrogen-bond donors (Lipinski definition) is 2. The lowest BCUT2D eigenvalue weighted by Gasteiger charge is -2.32. The number of pyridine rings is 1. The van der Waals surface area contributed by atoms with Crippen molar-refractivity contribution < 1.29 is 27.7 Å². The first-order valence-electron chi connectivity index (χ1n) is 7.63. The van der Waals surface area contributed by atoms with Crippen LogP contribution in [0.5, 0.6) is 0 Å². The first-order valence-corrected chi connectivity index (χ1v) is 7.63. The van der Waals surface area contributed by atoms with Gasteiger partial charge in [0.2, 0.25) is 0 Å². The zero-order valence-corrected chi connectivity index (χ0v) is 13.5. The average Bonchev–Trinajstić information content (AvgIpc) is 2.58. The highest BCUT2D eigenvalue weighted by Gasteiger charge is 2.43. The van der Waals surface area contributed by atoms with Gasteiger partial charge in [0.15, 0.2) is 0 Å². The molecule has 0 aromatic carbocycles. The second kappa shape index (κ2) is 7.54. The van der Waals surface area contributed by atoms with Crippen LogP contribution >= 0.6 is 0 Å². The van der Waals surface area contributed by atoms with E-state index >= 15 is 0 Å². The highest BCUT2D eigenvalue weighted by atomic mass is 19.4. The Hall–Kier alpha value is -2.92. The van der Waals surface area contributed by atoms with Crippen molar-refractivity contribution in [1.82, 2.24) is 9.88 Å². The Labute approximate surface area is 145 Å². The molecule has 2 heterocycles. The molecule has 1 saturated heterocycles. The Morgan fingerprint density at radius 3 is 2.50 bits per heavy atom. The fourth-order valence-corrected chi connectivity index (χ4v) is 2.64. The number of anilines is 1. The van der Waals surface area contributed by atoms with Crippen LogP contribution in [0.25, 0.3) is 0 Å². The number of nitrogens with zero attached hydrogens (tertiary/aromatic N) is 3. The van der Waals surface area contributed by atoms with Crippen molar-refractivity contribution in [1.29, 1.82) is 0 Å². The molecule has 26 heavy (non-hydrogen) atoms. The number of piperidine rings is 1. The van der Waals surface area contributed by atoms with Gasteiger partial charge in [0.1, 0.15) is 12.0 Å². The SMILES string of the molecule is NC(=O)c1cc([N+](=O)[O-])cnc1NCC1CCN(C(=O)C(F)(F)F)CC1. The van der Waals surface area contributed by atoms with E-state index in [1.54, 1.807) is 0 Å². The number of rotatable bonds is 5. The van der Waals surface area contributed by atoms with Crippen LogP contribution < -0.4 is 11.1 Å². The average molecular weight is 375 g/mol. The summed E-state index contributed by atoms with van der Waals surface area (Å²) < 4.78 is 37.2. The van der Waals surface area contributed by atoms with Crippen molar-refractivity contribution in [3.8, 4) is 0 Å². The molecule has 0 unspecified atom stereocenters. The molecular formula is C14H16F3N5O4. The molecule has 142 valence electrons. The van der Waals surface area contributed by atoms with Crippen LogP contribution in [-0.2, 0) is 4.79 Å². The smallest absolute Gasteiger partial charge is 0.369 e. The molecule has 9 nitrogen and oxygen atoms in total. The molecule has 1 aromatic heterocycles. The van der Waals surface area contributed by atoms with Gasteiger partial charge in [-0.3, -0.25) is 19.7 Å². The van der Waals surface area contributed by atoms with E-state index in [1.807, 2.05) is 0 Å². The van der Waals surface area contributed by atoms with Gasteiger partial charge in [-0.2, -0.15) is 13.2 Å². The van der Waals surface area contributed by atoms with Crippen molar-refractivity contribution in [2.24, 2.45) is 11.7 Å². The lowest BCUT2D eigenvalue weighted by atomic mass is 9.96. The molecule has 2 amide bonds. The third-order valence-electron chi connectivity index (χ3n) is 4.05. The summed E-state index contributed by atoms with van der Waals surface area (Å²) in [6, 6.07) is 1.00. The van der Waals surface area contributed by atoms with E-state index in [4.69, 9.17) is 5.73 Å². The Morgan fingerprint density at radius 1 is 1.38 bits per heavy atom. The number of nitrogens with two attached hydrogens (primary N) is 1. The third kappa shape index (κ3) is 4.58. The van der Waals surface area contributed by atoms with E-state index in [-0.39, 0.29) is 42.6 Å². The Bertz CT molecular complexity index is 717. The van der Waals surface area contributed by atoms with E-state index in [0.29, 0.717) is 12.8 Å². The number of carbonyl (C=O) groups excluding carboxylic acids is 2. The van der Waals surface area contributed by atoms with Crippen LogP contribution in [-0.4, -0.2) is 52.4 Å². The van der Waals surface area contributed by atoms with Gasteiger partial charge in [-0.05, 0) is 18.8 Å². The number of likely N-dealkylation sites (tertiary alicyclic amines) is 1. The third-order valence-corrected chi connectivity index (χ3v) is 4.05. The van der Waals surface area contributed by atoms with E-state index in [1.165, 1.54) is 0 Å². The van der Waals surface area contributed by atoms with Crippen molar-refractivity contribution in [3.63, 3.8) is 0 Å². The molecule has 0 spiro atoms. The number of hydrogen-bond acceptors (Lipinski definition) is 6. The molecule has 12 heteroatoms. The van der Waals surface area contributed by atoms with Gasteiger partial charge in [-0.25, -0.2) is 4.98 Å². The van der Waals surface area contributed by atoms with Gasteiger partial charge in [0, 0.05) is 25.7 Å². The number of nitro groups is 1. The van der Waals surface area contributed by atoms with Gasteiger partial charge in [0.25, 0.3) is 11.6 Å². The quantitative estimate of drug-likeness (QED) is 0.589. The summed E-state index contributed by atoms with van der Waals surface area (Å²) in [5.74, 6) is -2.73. The molecule has 1 aromatic rings. The van der Waals surface area contributed by atoms with E-state index in [0.717, 1.165) is 17.2 Å². The van der Waals surface area contributed by atoms with Crippen LogP contribution in [0.4, 0.5) is 24.7 Å². The second-order valence-corrected chi connectivity index (χ2v) is 5.83. The molecule has 0 aliphatic carbocycles. The topological polar surface area (TPSA) is 131 Å². The fraction of sp³-hybridized carbons (Fsp3) is 0.500. The summed E-state index contributed by atoms with van der Waals surface area (Å²) in [6.45, 7) is 0.223. The fourth-order valence-electron chi connectivity index (χ4n) is 2.64. The van der Waals surface area contributed by atoms with Gasteiger partial charge >= 0.3 is 12.1 Å². The van der Waals surface area contributed by atoms with Gasteiger partial charge in [-0.15, -0.1) is 0 Å². The summed E-state index contributed by atoms with van der Waals surface area (Å²) in [6.07, 6.45) is -3.23. The molecule has 1 fully saturated rings. The molecule has 0 saturated carbocycles. The van der Waals surface area contributed by atoms with Gasteiger partial charge < -0.3 is 16.0 Å². The predicted molar refractivity (Wildman–Crippen MR) is 83.3 cm³/mol. The van der Waals surface area contributed by atoms with Crippen LogP contribution in [0.3, 0.4) is 0 Å². The number of amides is 2. The lowest BCUT2D eigenvalue weighted by molar-refractivity contribution is -0.385. The Morgan fingerprint density at radius 2 is 2.00 bits per heavy atom. The van der Waals surface area contributed by atoms with Gasteiger partial charge in [-0.1, -0.05) is 0 Å². The zero-order chi connectivity index (χ0) is 19.5. The van der Waals surface area contributed by atoms with Crippen LogP contribution in [0, 0.1) is 16.0 Å². The number of aromatic nitrogens is 1. The maximum atomic E-state index is 12.4. The number of nitrogens with one attached hydrogen (secondary N) is 1. The van der Waals surface area contributed by atoms with E-state index < -0.39 is 22.9 Å². The summed E-state index contributed by atoms with van der Waals surface area (Å²) in [5, 5.41) is 13.6. The number of primary amides is 1. The minimum atomic E-state index is -4.88. The molecule has 3 N–H and O–H groups in total. The van der Waals surface area contributed by atoms with Crippen LogP contribution in [0.15, 0.2) is 12.3 Å². The van der Waals surface area contributed by atoms with Crippen molar-refractivity contribution >= 4 is 23.3 Å². The van der Waals surface area contributed by atoms with E-state index in [9.17, 15) is 32.9 Å². The molecule has 0 bridgehead atoms. The van der Waals surface area contributed by atoms with Crippen molar-refractivity contribution in [3.05, 3.63) is 27.9 Å². The highest BCUT2D eigenvalue weighted by Crippen LogP contribution is 2.25. The normalized spacial score (nSPS) is 15.6. The Kier molecular flexibility index (Phi) is 5.63. The minimum Gasteiger partial charge on any atom is -0.369 e. The maximum absolute atomic E-state index is 12.4. The monoisotopic (exact) mass is 375 g/mol. The largest absolute Gasteiger partial charge is 0.471 e. The van der Waals surface area contributed by atoms with Gasteiger partial charge in [0.05, 0.1) is 10.5 Å². The number of alkyl halides is 3. The molecule has 2 rings (SSSR count). The summed E-state index contributed by atoms with van der Waals surface area (Å²) >= 11 is 0. The minimum absolute atomic E-state index is 0.0267. The molecule has 1 aliphatic heterocycles. The summed E-state index contributed by atoms with van der Waals surface area (Å²) in [5.41, 5.74) is 4.66. The molecule has 1 aliphatic rings. The lowest BCUT2D eigenvalue weighted by Crippen LogP contribution is -2.46. The number of carbonyl (C=O) groups is 2. The zero-order valence-electron chi connectivity index (χ0n) is 13.5. The highest BCUT2D eigenvalue weighted by molar-refractivity contribution is 5.98. The molecule has 0 radical (unpaired) electrons. The number of halogens is 3. The summed E-state index contributed by atoms with van der Waals surface area (Å²) in [4.78, 5) is 37.2. The van der Waals surface area contributed by atoms with Crippen LogP contribution in [0.1, 0.15) is 23.2 Å². The van der Waals surface area contributed by atoms with Crippen LogP contribution in [0.2, 0.25) is 0 Å². The predicted octanol–water partition coefficient (Wildman–Crippen LogP) is 1.30. The van der Waals surface area contributed by atoms with Crippen molar-refractivity contribution in [2.45, 2.75) is 19.0 Å². The Balaban J connectivity index is 1.95. The first kappa shape index (κ1) is 19.4. The standard InChI is InChI=1S/C14H16F3N5O4/c15-14(16,17)13(24)21-3-1-8(2-4-21)6-19-12-10(11(18)23)5-9(7-20-12)22(25)26/h5,7-8H,1-4,6H2,(H2,18,23)(H,19,20). The molecule has 0 atom stereocenters. The second-order valence-electron chi connectivity index (χ2n) is 5.83. The van der Waals surface area contributed by atoms with E-state index in [2.05, 4.69) is 10.3 Å². The summed E-state index contributed by atoms with van der Waals surface area (Å²) in [7, 11) is 0. The molecular weight excluding hydrogens is 359 g/mol. The first-order chi connectivity index (χ1) is 12.1. The van der Waals surface area contributed by atoms with Crippen molar-refractivity contribution in [2.75, 3.05) is 25.0 Å².